The minimum Gasteiger partial charge on any atom is -0.452 e. The van der Waals surface area contributed by atoms with Crippen molar-refractivity contribution in [2.45, 2.75) is 6.92 Å². The van der Waals surface area contributed by atoms with Gasteiger partial charge in [0.05, 0.1) is 22.5 Å². The molecule has 1 N–H and O–H groups in total. The molecule has 1 heterocycles. The summed E-state index contributed by atoms with van der Waals surface area (Å²) < 4.78 is 6.61. The Labute approximate surface area is 159 Å². The molecule has 0 saturated carbocycles. The van der Waals surface area contributed by atoms with Gasteiger partial charge in [0.25, 0.3) is 11.6 Å². The van der Waals surface area contributed by atoms with E-state index in [4.69, 9.17) is 4.74 Å². The molecule has 9 nitrogen and oxygen atoms in total. The lowest BCUT2D eigenvalue weighted by atomic mass is 10.2. The number of benzene rings is 2. The van der Waals surface area contributed by atoms with Crippen LogP contribution in [0.5, 0.6) is 0 Å². The molecule has 142 valence electrons. The molecule has 3 rings (SSSR count). The Morgan fingerprint density at radius 3 is 2.54 bits per heavy atom. The zero-order valence-corrected chi connectivity index (χ0v) is 14.9. The molecular formula is C19H16N4O5. The number of ether oxygens (including phenoxy) is 1. The van der Waals surface area contributed by atoms with Crippen molar-refractivity contribution in [1.82, 2.24) is 9.78 Å². The van der Waals surface area contributed by atoms with E-state index >= 15 is 0 Å². The molecule has 0 aliphatic heterocycles. The second-order valence-electron chi connectivity index (χ2n) is 5.79. The van der Waals surface area contributed by atoms with Gasteiger partial charge in [0.15, 0.2) is 6.61 Å². The monoisotopic (exact) mass is 380 g/mol. The third-order valence-electron chi connectivity index (χ3n) is 3.94. The molecule has 2 aromatic carbocycles. The second kappa shape index (κ2) is 8.12. The summed E-state index contributed by atoms with van der Waals surface area (Å²) in [5.41, 5.74) is 1.36. The quantitative estimate of drug-likeness (QED) is 0.399. The number of esters is 1. The first-order chi connectivity index (χ1) is 13.5. The Bertz CT molecular complexity index is 1030. The number of hydrogen-bond donors (Lipinski definition) is 1. The van der Waals surface area contributed by atoms with Crippen molar-refractivity contribution < 1.29 is 19.2 Å². The first-order valence-electron chi connectivity index (χ1n) is 8.28. The lowest BCUT2D eigenvalue weighted by Crippen LogP contribution is -2.21. The molecule has 0 aliphatic carbocycles. The van der Waals surface area contributed by atoms with Crippen LogP contribution in [0.25, 0.3) is 5.69 Å². The van der Waals surface area contributed by atoms with Crippen molar-refractivity contribution in [3.05, 3.63) is 82.2 Å². The lowest BCUT2D eigenvalue weighted by molar-refractivity contribution is -0.383. The highest BCUT2D eigenvalue weighted by Gasteiger charge is 2.19. The second-order valence-corrected chi connectivity index (χ2v) is 5.79. The smallest absolute Gasteiger partial charge is 0.342 e. The topological polar surface area (TPSA) is 116 Å². The predicted molar refractivity (Wildman–Crippen MR) is 100 cm³/mol. The lowest BCUT2D eigenvalue weighted by Gasteiger charge is -2.07. The van der Waals surface area contributed by atoms with Gasteiger partial charge >= 0.3 is 5.97 Å². The van der Waals surface area contributed by atoms with Crippen molar-refractivity contribution in [3.8, 4) is 5.69 Å². The standard InChI is InChI=1S/C19H16N4O5/c1-13-15(11-20-22(13)14-7-3-2-4-8-14)19(25)28-12-18(24)21-16-9-5-6-10-17(16)23(26)27/h2-11H,12H2,1H3,(H,21,24). The summed E-state index contributed by atoms with van der Waals surface area (Å²) in [6, 6.07) is 15.0. The number of amides is 1. The Hall–Kier alpha value is -4.01. The minimum atomic E-state index is -0.711. The molecule has 0 fully saturated rings. The first-order valence-corrected chi connectivity index (χ1v) is 8.28. The van der Waals surface area contributed by atoms with Crippen LogP contribution in [0.4, 0.5) is 11.4 Å². The number of aromatic nitrogens is 2. The Morgan fingerprint density at radius 2 is 1.82 bits per heavy atom. The number of anilines is 1. The number of nitrogens with zero attached hydrogens (tertiary/aromatic N) is 3. The average molecular weight is 380 g/mol. The molecule has 0 atom stereocenters. The summed E-state index contributed by atoms with van der Waals surface area (Å²) in [7, 11) is 0. The van der Waals surface area contributed by atoms with Gasteiger partial charge in [0.1, 0.15) is 11.3 Å². The highest BCUT2D eigenvalue weighted by molar-refractivity contribution is 5.97. The van der Waals surface area contributed by atoms with Crippen LogP contribution in [-0.4, -0.2) is 33.2 Å². The van der Waals surface area contributed by atoms with Crippen molar-refractivity contribution in [1.29, 1.82) is 0 Å². The van der Waals surface area contributed by atoms with Gasteiger partial charge in [0, 0.05) is 6.07 Å². The molecule has 28 heavy (non-hydrogen) atoms. The molecule has 1 amide bonds. The fraction of sp³-hybridized carbons (Fsp3) is 0.105. The van der Waals surface area contributed by atoms with E-state index in [0.29, 0.717) is 5.69 Å². The summed E-state index contributed by atoms with van der Waals surface area (Å²) in [6.45, 7) is 1.13. The molecule has 0 spiro atoms. The maximum Gasteiger partial charge on any atom is 0.342 e. The van der Waals surface area contributed by atoms with Crippen molar-refractivity contribution >= 4 is 23.3 Å². The number of carbonyl (C=O) groups is 2. The normalized spacial score (nSPS) is 10.3. The third kappa shape index (κ3) is 4.04. The molecule has 0 aliphatic rings. The van der Waals surface area contributed by atoms with Gasteiger partial charge < -0.3 is 10.1 Å². The van der Waals surface area contributed by atoms with E-state index in [1.807, 2.05) is 30.3 Å². The molecule has 3 aromatic rings. The number of nitro benzene ring substituents is 1. The number of carbonyl (C=O) groups excluding carboxylic acids is 2. The van der Waals surface area contributed by atoms with Gasteiger partial charge in [-0.1, -0.05) is 30.3 Å². The fourth-order valence-corrected chi connectivity index (χ4v) is 2.57. The predicted octanol–water partition coefficient (Wildman–Crippen LogP) is 2.88. The van der Waals surface area contributed by atoms with Gasteiger partial charge in [-0.15, -0.1) is 0 Å². The molecular weight excluding hydrogens is 364 g/mol. The number of hydrogen-bond acceptors (Lipinski definition) is 6. The van der Waals surface area contributed by atoms with E-state index in [2.05, 4.69) is 10.4 Å². The maximum atomic E-state index is 12.3. The molecule has 0 saturated heterocycles. The molecule has 0 bridgehead atoms. The van der Waals surface area contributed by atoms with Crippen LogP contribution < -0.4 is 5.32 Å². The van der Waals surface area contributed by atoms with E-state index in [1.165, 1.54) is 24.4 Å². The Balaban J connectivity index is 1.64. The van der Waals surface area contributed by atoms with Crippen LogP contribution in [0.15, 0.2) is 60.8 Å². The highest BCUT2D eigenvalue weighted by Crippen LogP contribution is 2.23. The number of rotatable bonds is 6. The molecule has 0 radical (unpaired) electrons. The summed E-state index contributed by atoms with van der Waals surface area (Å²) in [6.07, 6.45) is 1.37. The zero-order valence-electron chi connectivity index (χ0n) is 14.9. The van der Waals surface area contributed by atoms with Crippen molar-refractivity contribution in [3.63, 3.8) is 0 Å². The molecule has 1 aromatic heterocycles. The van der Waals surface area contributed by atoms with Gasteiger partial charge in [0.2, 0.25) is 0 Å². The van der Waals surface area contributed by atoms with Crippen LogP contribution in [0.2, 0.25) is 0 Å². The van der Waals surface area contributed by atoms with E-state index in [0.717, 1.165) is 5.69 Å². The Kier molecular flexibility index (Phi) is 5.45. The molecule has 9 heteroatoms. The van der Waals surface area contributed by atoms with Gasteiger partial charge in [-0.25, -0.2) is 9.48 Å². The number of nitrogens with one attached hydrogen (secondary N) is 1. The highest BCUT2D eigenvalue weighted by atomic mass is 16.6. The van der Waals surface area contributed by atoms with E-state index in [-0.39, 0.29) is 16.9 Å². The average Bonchev–Trinajstić information content (AvgIpc) is 3.08. The summed E-state index contributed by atoms with van der Waals surface area (Å²) >= 11 is 0. The van der Waals surface area contributed by atoms with Crippen LogP contribution in [0.1, 0.15) is 16.1 Å². The van der Waals surface area contributed by atoms with Gasteiger partial charge in [-0.05, 0) is 25.1 Å². The van der Waals surface area contributed by atoms with Gasteiger partial charge in [-0.2, -0.15) is 5.10 Å². The largest absolute Gasteiger partial charge is 0.452 e. The van der Waals surface area contributed by atoms with Crippen molar-refractivity contribution in [2.24, 2.45) is 0 Å². The zero-order chi connectivity index (χ0) is 20.1. The van der Waals surface area contributed by atoms with Crippen molar-refractivity contribution in [2.75, 3.05) is 11.9 Å². The van der Waals surface area contributed by atoms with Crippen LogP contribution in [0.3, 0.4) is 0 Å². The number of nitro groups is 1. The third-order valence-corrected chi connectivity index (χ3v) is 3.94. The minimum absolute atomic E-state index is 0.0293. The van der Waals surface area contributed by atoms with Crippen LogP contribution >= 0.6 is 0 Å². The van der Waals surface area contributed by atoms with Gasteiger partial charge in [-0.3, -0.25) is 14.9 Å². The number of para-hydroxylation sites is 3. The first kappa shape index (κ1) is 18.8. The Morgan fingerprint density at radius 1 is 1.14 bits per heavy atom. The van der Waals surface area contributed by atoms with Crippen LogP contribution in [-0.2, 0) is 9.53 Å². The van der Waals surface area contributed by atoms with E-state index in [9.17, 15) is 19.7 Å². The maximum absolute atomic E-state index is 12.3. The van der Waals surface area contributed by atoms with E-state index < -0.39 is 23.4 Å². The summed E-state index contributed by atoms with van der Waals surface area (Å²) in [5.74, 6) is -1.40. The SMILES string of the molecule is Cc1c(C(=O)OCC(=O)Nc2ccccc2[N+](=O)[O-])cnn1-c1ccccc1. The molecule has 0 unspecified atom stereocenters. The fourth-order valence-electron chi connectivity index (χ4n) is 2.57. The summed E-state index contributed by atoms with van der Waals surface area (Å²) in [5, 5.41) is 17.5. The van der Waals surface area contributed by atoms with Crippen LogP contribution in [0, 0.1) is 17.0 Å². The van der Waals surface area contributed by atoms with E-state index in [1.54, 1.807) is 17.7 Å². The summed E-state index contributed by atoms with van der Waals surface area (Å²) in [4.78, 5) is 34.6.